The summed E-state index contributed by atoms with van der Waals surface area (Å²) in [5.41, 5.74) is 1.73. The Hall–Kier alpha value is -1.91. The van der Waals surface area contributed by atoms with Gasteiger partial charge in [-0.2, -0.15) is 0 Å². The van der Waals surface area contributed by atoms with Gasteiger partial charge in [-0.3, -0.25) is 0 Å². The summed E-state index contributed by atoms with van der Waals surface area (Å²) in [6.07, 6.45) is 1.65. The lowest BCUT2D eigenvalue weighted by atomic mass is 10.1. The molecular formula is C16H14ClNO2S. The summed E-state index contributed by atoms with van der Waals surface area (Å²) in [6, 6.07) is 13.0. The van der Waals surface area contributed by atoms with Crippen LogP contribution in [0.15, 0.2) is 53.1 Å². The van der Waals surface area contributed by atoms with Crippen LogP contribution < -0.4 is 5.32 Å². The molecule has 2 N–H and O–H groups in total. The van der Waals surface area contributed by atoms with Crippen molar-refractivity contribution < 1.29 is 9.52 Å². The Kier molecular flexibility index (Phi) is 3.90. The zero-order valence-corrected chi connectivity index (χ0v) is 12.9. The van der Waals surface area contributed by atoms with Gasteiger partial charge in [0, 0.05) is 10.6 Å². The first-order valence-electron chi connectivity index (χ1n) is 6.48. The molecule has 3 nitrogen and oxygen atoms in total. The van der Waals surface area contributed by atoms with Crippen LogP contribution in [-0.4, -0.2) is 5.11 Å². The van der Waals surface area contributed by atoms with E-state index >= 15 is 0 Å². The van der Waals surface area contributed by atoms with Crippen molar-refractivity contribution in [3.63, 3.8) is 0 Å². The van der Waals surface area contributed by atoms with Gasteiger partial charge in [-0.05, 0) is 55.0 Å². The monoisotopic (exact) mass is 319 g/mol. The number of halogens is 1. The van der Waals surface area contributed by atoms with Crippen LogP contribution in [0.5, 0.6) is 5.75 Å². The van der Waals surface area contributed by atoms with Gasteiger partial charge in [0.15, 0.2) is 0 Å². The van der Waals surface area contributed by atoms with E-state index in [1.54, 1.807) is 12.3 Å². The van der Waals surface area contributed by atoms with Gasteiger partial charge in [-0.25, -0.2) is 0 Å². The molecule has 0 bridgehead atoms. The van der Waals surface area contributed by atoms with Gasteiger partial charge in [0.2, 0.25) is 0 Å². The van der Waals surface area contributed by atoms with E-state index < -0.39 is 0 Å². The van der Waals surface area contributed by atoms with Crippen molar-refractivity contribution in [2.45, 2.75) is 13.0 Å². The number of thiophene rings is 1. The number of nitrogens with one attached hydrogen (secondary N) is 1. The lowest BCUT2D eigenvalue weighted by Gasteiger charge is -2.17. The molecule has 0 aliphatic rings. The number of hydrogen-bond acceptors (Lipinski definition) is 4. The van der Waals surface area contributed by atoms with Crippen molar-refractivity contribution in [2.24, 2.45) is 0 Å². The van der Waals surface area contributed by atoms with E-state index in [1.807, 2.05) is 43.3 Å². The molecule has 2 heterocycles. The summed E-state index contributed by atoms with van der Waals surface area (Å²) < 4.78 is 6.28. The highest BCUT2D eigenvalue weighted by molar-refractivity contribution is 7.16. The molecule has 108 valence electrons. The topological polar surface area (TPSA) is 45.4 Å². The number of rotatable bonds is 4. The van der Waals surface area contributed by atoms with Crippen LogP contribution in [0.1, 0.15) is 22.2 Å². The summed E-state index contributed by atoms with van der Waals surface area (Å²) in [5.74, 6) is 1.11. The highest BCUT2D eigenvalue weighted by Gasteiger charge is 2.19. The summed E-state index contributed by atoms with van der Waals surface area (Å²) in [6.45, 7) is 1.87. The Morgan fingerprint density at radius 2 is 2.10 bits per heavy atom. The number of anilines is 1. The fourth-order valence-electron chi connectivity index (χ4n) is 2.13. The molecule has 21 heavy (non-hydrogen) atoms. The van der Waals surface area contributed by atoms with Crippen molar-refractivity contribution in [1.82, 2.24) is 0 Å². The smallest absolute Gasteiger partial charge is 0.131 e. The Bertz CT molecular complexity index is 737. The van der Waals surface area contributed by atoms with Gasteiger partial charge in [0.1, 0.15) is 17.6 Å². The highest BCUT2D eigenvalue weighted by Crippen LogP contribution is 2.34. The molecule has 0 fully saturated rings. The van der Waals surface area contributed by atoms with Crippen LogP contribution in [0.25, 0.3) is 0 Å². The Morgan fingerprint density at radius 3 is 2.71 bits per heavy atom. The summed E-state index contributed by atoms with van der Waals surface area (Å²) in [5, 5.41) is 13.0. The van der Waals surface area contributed by atoms with Crippen LogP contribution in [0, 0.1) is 6.92 Å². The molecule has 0 radical (unpaired) electrons. The van der Waals surface area contributed by atoms with Crippen molar-refractivity contribution in [2.75, 3.05) is 5.32 Å². The fraction of sp³-hybridized carbons (Fsp3) is 0.125. The first-order valence-corrected chi connectivity index (χ1v) is 7.68. The number of aryl methyl sites for hydroxylation is 1. The van der Waals surface area contributed by atoms with E-state index in [-0.39, 0.29) is 11.8 Å². The van der Waals surface area contributed by atoms with Crippen LogP contribution in [-0.2, 0) is 0 Å². The second-order valence-electron chi connectivity index (χ2n) is 4.74. The summed E-state index contributed by atoms with van der Waals surface area (Å²) in [7, 11) is 0. The normalized spacial score (nSPS) is 12.3. The minimum atomic E-state index is -0.110. The summed E-state index contributed by atoms with van der Waals surface area (Å²) >= 11 is 7.56. The second-order valence-corrected chi connectivity index (χ2v) is 6.48. The second kappa shape index (κ2) is 5.84. The standard InChI is InChI=1S/C16H14ClNO2S/c1-10-9-11(4-5-12(10)19)18-16(13-3-2-8-20-13)14-6-7-15(17)21-14/h2-9,16,18-19H,1H3. The van der Waals surface area contributed by atoms with Gasteiger partial charge < -0.3 is 14.8 Å². The molecule has 0 saturated heterocycles. The first kappa shape index (κ1) is 14.0. The molecule has 0 aliphatic heterocycles. The third kappa shape index (κ3) is 3.06. The Labute approximate surface area is 131 Å². The van der Waals surface area contributed by atoms with E-state index in [1.165, 1.54) is 11.3 Å². The number of furan rings is 1. The molecule has 0 amide bonds. The van der Waals surface area contributed by atoms with Crippen molar-refractivity contribution in [3.05, 3.63) is 69.3 Å². The van der Waals surface area contributed by atoms with Gasteiger partial charge in [-0.15, -0.1) is 11.3 Å². The number of benzene rings is 1. The quantitative estimate of drug-likeness (QED) is 0.649. The SMILES string of the molecule is Cc1cc(NC(c2ccco2)c2ccc(Cl)s2)ccc1O. The molecule has 2 aromatic heterocycles. The van der Waals surface area contributed by atoms with E-state index in [9.17, 15) is 5.11 Å². The zero-order valence-electron chi connectivity index (χ0n) is 11.3. The lowest BCUT2D eigenvalue weighted by Crippen LogP contribution is -2.10. The molecule has 0 aliphatic carbocycles. The highest BCUT2D eigenvalue weighted by atomic mass is 35.5. The first-order chi connectivity index (χ1) is 10.1. The third-order valence-electron chi connectivity index (χ3n) is 3.21. The predicted octanol–water partition coefficient (Wildman–Crippen LogP) is 5.21. The molecule has 5 heteroatoms. The molecule has 3 rings (SSSR count). The maximum Gasteiger partial charge on any atom is 0.131 e. The fourth-order valence-corrected chi connectivity index (χ4v) is 3.25. The van der Waals surface area contributed by atoms with Gasteiger partial charge in [0.25, 0.3) is 0 Å². The Balaban J connectivity index is 1.94. The number of phenols is 1. The van der Waals surface area contributed by atoms with Crippen LogP contribution in [0.4, 0.5) is 5.69 Å². The third-order valence-corrected chi connectivity index (χ3v) is 4.51. The molecule has 0 saturated carbocycles. The Morgan fingerprint density at radius 1 is 1.24 bits per heavy atom. The molecule has 1 atom stereocenters. The molecular weight excluding hydrogens is 306 g/mol. The van der Waals surface area contributed by atoms with Crippen LogP contribution in [0.2, 0.25) is 4.34 Å². The van der Waals surface area contributed by atoms with Gasteiger partial charge in [0.05, 0.1) is 10.6 Å². The molecule has 1 aromatic carbocycles. The van der Waals surface area contributed by atoms with Gasteiger partial charge >= 0.3 is 0 Å². The number of aromatic hydroxyl groups is 1. The maximum absolute atomic E-state index is 9.62. The van der Waals surface area contributed by atoms with Crippen molar-refractivity contribution in [1.29, 1.82) is 0 Å². The molecule has 3 aromatic rings. The van der Waals surface area contributed by atoms with Crippen molar-refractivity contribution >= 4 is 28.6 Å². The largest absolute Gasteiger partial charge is 0.508 e. The maximum atomic E-state index is 9.62. The zero-order chi connectivity index (χ0) is 14.8. The summed E-state index contributed by atoms with van der Waals surface area (Å²) in [4.78, 5) is 1.07. The number of phenolic OH excluding ortho intramolecular Hbond substituents is 1. The molecule has 1 unspecified atom stereocenters. The average molecular weight is 320 g/mol. The minimum absolute atomic E-state index is 0.110. The average Bonchev–Trinajstić information content (AvgIpc) is 3.11. The van der Waals surface area contributed by atoms with Crippen LogP contribution >= 0.6 is 22.9 Å². The van der Waals surface area contributed by atoms with E-state index in [4.69, 9.17) is 16.0 Å². The molecule has 0 spiro atoms. The van der Waals surface area contributed by atoms with Crippen molar-refractivity contribution in [3.8, 4) is 5.75 Å². The minimum Gasteiger partial charge on any atom is -0.508 e. The van der Waals surface area contributed by atoms with Gasteiger partial charge in [-0.1, -0.05) is 11.6 Å². The van der Waals surface area contributed by atoms with E-state index in [0.717, 1.165) is 26.2 Å². The predicted molar refractivity (Wildman–Crippen MR) is 86.3 cm³/mol. The lowest BCUT2D eigenvalue weighted by molar-refractivity contribution is 0.471. The number of hydrogen-bond donors (Lipinski definition) is 2. The van der Waals surface area contributed by atoms with E-state index in [2.05, 4.69) is 5.32 Å². The van der Waals surface area contributed by atoms with Crippen LogP contribution in [0.3, 0.4) is 0 Å². The van der Waals surface area contributed by atoms with E-state index in [0.29, 0.717) is 0 Å².